The Labute approximate surface area is 157 Å². The molecule has 0 aromatic heterocycles. The second-order valence-electron chi connectivity index (χ2n) is 5.77. The van der Waals surface area contributed by atoms with Crippen LogP contribution in [0.4, 0.5) is 13.2 Å². The van der Waals surface area contributed by atoms with Gasteiger partial charge in [0, 0.05) is 13.1 Å². The van der Waals surface area contributed by atoms with E-state index in [1.807, 2.05) is 30.3 Å². The maximum absolute atomic E-state index is 13.1. The van der Waals surface area contributed by atoms with Crippen LogP contribution in [-0.4, -0.2) is 23.9 Å². The van der Waals surface area contributed by atoms with Crippen LogP contribution in [0.15, 0.2) is 54.6 Å². The fraction of sp³-hybridized carbons (Fsp3) is 0.316. The Morgan fingerprint density at radius 3 is 2.23 bits per heavy atom. The highest BCUT2D eigenvalue weighted by atomic mass is 35.5. The summed E-state index contributed by atoms with van der Waals surface area (Å²) in [5.74, 6) is -0.339. The van der Waals surface area contributed by atoms with Crippen LogP contribution in [0.5, 0.6) is 0 Å². The second-order valence-corrected chi connectivity index (χ2v) is 5.77. The highest BCUT2D eigenvalue weighted by Gasteiger charge is 2.33. The van der Waals surface area contributed by atoms with Crippen molar-refractivity contribution in [1.82, 2.24) is 4.90 Å². The molecular weight excluding hydrogens is 365 g/mol. The lowest BCUT2D eigenvalue weighted by atomic mass is 10.0. The fourth-order valence-electron chi connectivity index (χ4n) is 2.60. The number of alkyl halides is 3. The molecular formula is C19H22ClF3N2O. The molecule has 2 rings (SSSR count). The van der Waals surface area contributed by atoms with Gasteiger partial charge in [-0.3, -0.25) is 4.79 Å². The molecule has 142 valence electrons. The summed E-state index contributed by atoms with van der Waals surface area (Å²) in [5.41, 5.74) is 5.67. The number of carbonyl (C=O) groups excluding carboxylic acids is 1. The maximum Gasteiger partial charge on any atom is 0.416 e. The van der Waals surface area contributed by atoms with Crippen LogP contribution >= 0.6 is 12.4 Å². The molecule has 2 aromatic rings. The molecule has 0 aliphatic heterocycles. The van der Waals surface area contributed by atoms with Crippen molar-refractivity contribution >= 4 is 18.3 Å². The highest BCUT2D eigenvalue weighted by Crippen LogP contribution is 2.32. The third kappa shape index (κ3) is 6.35. The molecule has 0 aliphatic rings. The summed E-state index contributed by atoms with van der Waals surface area (Å²) < 4.78 is 39.3. The number of amides is 1. The maximum atomic E-state index is 13.1. The van der Waals surface area contributed by atoms with Gasteiger partial charge in [-0.2, -0.15) is 13.2 Å². The summed E-state index contributed by atoms with van der Waals surface area (Å²) in [4.78, 5) is 14.2. The average molecular weight is 387 g/mol. The largest absolute Gasteiger partial charge is 0.416 e. The molecule has 0 fully saturated rings. The molecule has 26 heavy (non-hydrogen) atoms. The minimum Gasteiger partial charge on any atom is -0.338 e. The van der Waals surface area contributed by atoms with Gasteiger partial charge in [0.1, 0.15) is 0 Å². The zero-order valence-corrected chi connectivity index (χ0v) is 15.0. The van der Waals surface area contributed by atoms with Crippen molar-refractivity contribution in [2.45, 2.75) is 25.6 Å². The van der Waals surface area contributed by atoms with E-state index in [2.05, 4.69) is 0 Å². The molecule has 7 heteroatoms. The van der Waals surface area contributed by atoms with Crippen molar-refractivity contribution in [3.8, 4) is 0 Å². The molecule has 0 spiro atoms. The Balaban J connectivity index is 0.00000338. The van der Waals surface area contributed by atoms with Gasteiger partial charge in [-0.05, 0) is 30.2 Å². The van der Waals surface area contributed by atoms with E-state index in [1.165, 1.54) is 18.2 Å². The predicted molar refractivity (Wildman–Crippen MR) is 97.9 cm³/mol. The number of rotatable bonds is 7. The lowest BCUT2D eigenvalue weighted by molar-refractivity contribution is -0.138. The summed E-state index contributed by atoms with van der Waals surface area (Å²) in [6.45, 7) is 1.18. The zero-order chi connectivity index (χ0) is 18.3. The normalized spacial score (nSPS) is 10.9. The van der Waals surface area contributed by atoms with Gasteiger partial charge in [0.2, 0.25) is 5.91 Å². The van der Waals surface area contributed by atoms with E-state index in [4.69, 9.17) is 5.73 Å². The quantitative estimate of drug-likeness (QED) is 0.780. The Morgan fingerprint density at radius 2 is 1.62 bits per heavy atom. The molecule has 0 saturated heterocycles. The highest BCUT2D eigenvalue weighted by molar-refractivity contribution is 5.85. The van der Waals surface area contributed by atoms with Crippen molar-refractivity contribution < 1.29 is 18.0 Å². The monoisotopic (exact) mass is 386 g/mol. The first-order chi connectivity index (χ1) is 11.9. The van der Waals surface area contributed by atoms with Crippen molar-refractivity contribution in [3.63, 3.8) is 0 Å². The Hall–Kier alpha value is -2.05. The van der Waals surface area contributed by atoms with Crippen LogP contribution in [0.2, 0.25) is 0 Å². The summed E-state index contributed by atoms with van der Waals surface area (Å²) in [6.07, 6.45) is -4.16. The van der Waals surface area contributed by atoms with Crippen molar-refractivity contribution in [2.24, 2.45) is 5.73 Å². The molecule has 0 unspecified atom stereocenters. The van der Waals surface area contributed by atoms with Gasteiger partial charge >= 0.3 is 6.18 Å². The van der Waals surface area contributed by atoms with E-state index in [9.17, 15) is 18.0 Å². The number of nitrogens with two attached hydrogens (primary N) is 1. The van der Waals surface area contributed by atoms with E-state index in [0.29, 0.717) is 26.1 Å². The van der Waals surface area contributed by atoms with E-state index < -0.39 is 11.7 Å². The average Bonchev–Trinajstić information content (AvgIpc) is 2.59. The number of hydrogen-bond acceptors (Lipinski definition) is 2. The first-order valence-electron chi connectivity index (χ1n) is 8.08. The lowest BCUT2D eigenvalue weighted by Gasteiger charge is -2.23. The predicted octanol–water partition coefficient (Wildman–Crippen LogP) is 4.05. The molecule has 1 amide bonds. The number of hydrogen-bond donors (Lipinski definition) is 1. The van der Waals surface area contributed by atoms with Crippen molar-refractivity contribution in [3.05, 3.63) is 71.3 Å². The first kappa shape index (κ1) is 22.0. The molecule has 0 saturated carbocycles. The minimum atomic E-state index is -4.47. The van der Waals surface area contributed by atoms with Gasteiger partial charge in [0.15, 0.2) is 0 Å². The van der Waals surface area contributed by atoms with E-state index in [0.717, 1.165) is 11.6 Å². The Morgan fingerprint density at radius 1 is 1.00 bits per heavy atom. The van der Waals surface area contributed by atoms with Crippen LogP contribution in [0.25, 0.3) is 0 Å². The van der Waals surface area contributed by atoms with Crippen LogP contribution < -0.4 is 5.73 Å². The van der Waals surface area contributed by atoms with Crippen LogP contribution in [0.3, 0.4) is 0 Å². The summed E-state index contributed by atoms with van der Waals surface area (Å²) in [6, 6.07) is 14.5. The van der Waals surface area contributed by atoms with E-state index in [-0.39, 0.29) is 30.3 Å². The van der Waals surface area contributed by atoms with Gasteiger partial charge in [0.25, 0.3) is 0 Å². The fourth-order valence-corrected chi connectivity index (χ4v) is 2.60. The van der Waals surface area contributed by atoms with Crippen LogP contribution in [-0.2, 0) is 23.9 Å². The van der Waals surface area contributed by atoms with Crippen LogP contribution in [0, 0.1) is 0 Å². The Bertz CT molecular complexity index is 693. The summed E-state index contributed by atoms with van der Waals surface area (Å²) in [5, 5.41) is 0. The Kier molecular flexibility index (Phi) is 8.61. The van der Waals surface area contributed by atoms with Gasteiger partial charge in [-0.25, -0.2) is 0 Å². The topological polar surface area (TPSA) is 46.3 Å². The molecule has 0 bridgehead atoms. The molecule has 2 aromatic carbocycles. The van der Waals surface area contributed by atoms with E-state index >= 15 is 0 Å². The first-order valence-corrected chi connectivity index (χ1v) is 8.08. The number of carbonyl (C=O) groups is 1. The SMILES string of the molecule is Cl.NCCCN(Cc1ccccc1)C(=O)Cc1ccccc1C(F)(F)F. The van der Waals surface area contributed by atoms with Gasteiger partial charge < -0.3 is 10.6 Å². The van der Waals surface area contributed by atoms with Gasteiger partial charge in [-0.1, -0.05) is 48.5 Å². The molecule has 0 aliphatic carbocycles. The molecule has 0 heterocycles. The van der Waals surface area contributed by atoms with Crippen molar-refractivity contribution in [2.75, 3.05) is 13.1 Å². The van der Waals surface area contributed by atoms with Crippen molar-refractivity contribution in [1.29, 1.82) is 0 Å². The summed E-state index contributed by atoms with van der Waals surface area (Å²) >= 11 is 0. The third-order valence-corrected chi connectivity index (χ3v) is 3.87. The van der Waals surface area contributed by atoms with Gasteiger partial charge in [-0.15, -0.1) is 12.4 Å². The van der Waals surface area contributed by atoms with E-state index in [1.54, 1.807) is 4.90 Å². The standard InChI is InChI=1S/C19H21F3N2O.ClH/c20-19(21,22)17-10-5-4-9-16(17)13-18(25)24(12-6-11-23)14-15-7-2-1-3-8-15;/h1-5,7-10H,6,11-14,23H2;1H. The third-order valence-electron chi connectivity index (χ3n) is 3.87. The number of nitrogens with zero attached hydrogens (tertiary/aromatic N) is 1. The summed E-state index contributed by atoms with van der Waals surface area (Å²) in [7, 11) is 0. The second kappa shape index (κ2) is 10.2. The van der Waals surface area contributed by atoms with Gasteiger partial charge in [0.05, 0.1) is 12.0 Å². The zero-order valence-electron chi connectivity index (χ0n) is 14.2. The minimum absolute atomic E-state index is 0. The molecule has 0 atom stereocenters. The molecule has 0 radical (unpaired) electrons. The number of benzene rings is 2. The smallest absolute Gasteiger partial charge is 0.338 e. The molecule has 3 nitrogen and oxygen atoms in total. The molecule has 2 N–H and O–H groups in total. The number of halogens is 4. The lowest BCUT2D eigenvalue weighted by Crippen LogP contribution is -2.34. The van der Waals surface area contributed by atoms with Crippen LogP contribution in [0.1, 0.15) is 23.1 Å².